The first-order valence-corrected chi connectivity index (χ1v) is 9.68. The summed E-state index contributed by atoms with van der Waals surface area (Å²) in [5, 5.41) is 4.97. The molecule has 1 aromatic carbocycles. The molecule has 1 aromatic heterocycles. The molecule has 2 atom stereocenters. The summed E-state index contributed by atoms with van der Waals surface area (Å²) in [6, 6.07) is 9.78. The van der Waals surface area contributed by atoms with E-state index in [-0.39, 0.29) is 23.8 Å². The summed E-state index contributed by atoms with van der Waals surface area (Å²) >= 11 is 0. The minimum Gasteiger partial charge on any atom is -0.356 e. The lowest BCUT2D eigenvalue weighted by Crippen LogP contribution is -2.48. The molecule has 2 aliphatic rings. The molecule has 0 bridgehead atoms. The van der Waals surface area contributed by atoms with Crippen molar-refractivity contribution in [2.24, 2.45) is 5.92 Å². The molecular weight excluding hydrogens is 326 g/mol. The highest BCUT2D eigenvalue weighted by Crippen LogP contribution is 2.32. The Kier molecular flexibility index (Phi) is 4.87. The van der Waals surface area contributed by atoms with Crippen LogP contribution in [-0.4, -0.2) is 40.8 Å². The molecule has 1 saturated heterocycles. The third kappa shape index (κ3) is 3.18. The molecule has 2 amide bonds. The third-order valence-corrected chi connectivity index (χ3v) is 5.73. The lowest BCUT2D eigenvalue weighted by atomic mass is 9.98. The highest BCUT2D eigenvalue weighted by Gasteiger charge is 2.39. The van der Waals surface area contributed by atoms with Crippen LogP contribution in [0.15, 0.2) is 36.5 Å². The Morgan fingerprint density at radius 1 is 1.08 bits per heavy atom. The van der Waals surface area contributed by atoms with Crippen molar-refractivity contribution < 1.29 is 9.59 Å². The van der Waals surface area contributed by atoms with Gasteiger partial charge in [0.05, 0.1) is 5.92 Å². The number of rotatable bonds is 1. The summed E-state index contributed by atoms with van der Waals surface area (Å²) in [7, 11) is 0. The zero-order valence-electron chi connectivity index (χ0n) is 15.0. The number of carbonyl (C=O) groups excluding carboxylic acids is 2. The molecule has 0 radical (unpaired) electrons. The Morgan fingerprint density at radius 3 is 2.88 bits per heavy atom. The van der Waals surface area contributed by atoms with Gasteiger partial charge in [0.25, 0.3) is 5.91 Å². The minimum absolute atomic E-state index is 0.0126. The Balaban J connectivity index is 1.70. The van der Waals surface area contributed by atoms with Gasteiger partial charge in [-0.3, -0.25) is 14.6 Å². The van der Waals surface area contributed by atoms with Crippen LogP contribution in [0.3, 0.4) is 0 Å². The number of fused-ring (bicyclic) bond motifs is 2. The van der Waals surface area contributed by atoms with Gasteiger partial charge in [-0.05, 0) is 43.6 Å². The lowest BCUT2D eigenvalue weighted by Gasteiger charge is -2.33. The van der Waals surface area contributed by atoms with Crippen molar-refractivity contribution >= 4 is 22.6 Å². The molecule has 2 unspecified atom stereocenters. The molecule has 0 spiro atoms. The fourth-order valence-corrected chi connectivity index (χ4v) is 4.39. The highest BCUT2D eigenvalue weighted by molar-refractivity contribution is 6.05. The molecule has 2 heterocycles. The topological polar surface area (TPSA) is 62.3 Å². The Labute approximate surface area is 153 Å². The largest absolute Gasteiger partial charge is 0.356 e. The standard InChI is InChI=1S/C21H25N3O2/c25-20-17-9-6-10-18(17)24(14-5-1-4-12-23-20)21(26)19-16-8-3-2-7-15(16)11-13-22-19/h2-3,7-8,11,13,17-18H,1,4-6,9-10,12,14H2,(H,23,25). The van der Waals surface area contributed by atoms with E-state index >= 15 is 0 Å². The number of benzene rings is 1. The first kappa shape index (κ1) is 17.0. The van der Waals surface area contributed by atoms with Crippen LogP contribution in [0.25, 0.3) is 10.8 Å². The molecule has 1 N–H and O–H groups in total. The van der Waals surface area contributed by atoms with Gasteiger partial charge in [-0.15, -0.1) is 0 Å². The minimum atomic E-state index is -0.0907. The van der Waals surface area contributed by atoms with Crippen molar-refractivity contribution in [1.82, 2.24) is 15.2 Å². The number of hydrogen-bond donors (Lipinski definition) is 1. The maximum Gasteiger partial charge on any atom is 0.273 e. The van der Waals surface area contributed by atoms with Crippen molar-refractivity contribution in [1.29, 1.82) is 0 Å². The van der Waals surface area contributed by atoms with Gasteiger partial charge in [0.15, 0.2) is 0 Å². The van der Waals surface area contributed by atoms with E-state index in [1.165, 1.54) is 0 Å². The fourth-order valence-electron chi connectivity index (χ4n) is 4.39. The smallest absolute Gasteiger partial charge is 0.273 e. The van der Waals surface area contributed by atoms with E-state index in [1.54, 1.807) is 6.20 Å². The van der Waals surface area contributed by atoms with Gasteiger partial charge >= 0.3 is 0 Å². The molecule has 1 saturated carbocycles. The van der Waals surface area contributed by atoms with Crippen LogP contribution >= 0.6 is 0 Å². The lowest BCUT2D eigenvalue weighted by molar-refractivity contribution is -0.126. The maximum absolute atomic E-state index is 13.5. The second kappa shape index (κ2) is 7.44. The number of hydrogen-bond acceptors (Lipinski definition) is 3. The predicted molar refractivity (Wildman–Crippen MR) is 101 cm³/mol. The van der Waals surface area contributed by atoms with Crippen LogP contribution in [0.2, 0.25) is 0 Å². The molecule has 4 rings (SSSR count). The van der Waals surface area contributed by atoms with E-state index in [4.69, 9.17) is 0 Å². The average molecular weight is 351 g/mol. The molecular formula is C21H25N3O2. The Bertz CT molecular complexity index is 815. The van der Waals surface area contributed by atoms with Crippen LogP contribution in [0.4, 0.5) is 0 Å². The number of amides is 2. The molecule has 136 valence electrons. The van der Waals surface area contributed by atoms with E-state index in [0.717, 1.165) is 55.8 Å². The number of pyridine rings is 1. The summed E-state index contributed by atoms with van der Waals surface area (Å²) in [6.07, 6.45) is 7.42. The van der Waals surface area contributed by atoms with E-state index in [2.05, 4.69) is 10.3 Å². The second-order valence-electron chi connectivity index (χ2n) is 7.34. The molecule has 1 aliphatic carbocycles. The third-order valence-electron chi connectivity index (χ3n) is 5.73. The van der Waals surface area contributed by atoms with Gasteiger partial charge in [0, 0.05) is 30.7 Å². The monoisotopic (exact) mass is 351 g/mol. The normalized spacial score (nSPS) is 24.2. The number of nitrogens with one attached hydrogen (secondary N) is 1. The van der Waals surface area contributed by atoms with Crippen LogP contribution in [0.5, 0.6) is 0 Å². The van der Waals surface area contributed by atoms with Gasteiger partial charge in [-0.2, -0.15) is 0 Å². The number of aromatic nitrogens is 1. The van der Waals surface area contributed by atoms with E-state index in [1.807, 2.05) is 35.2 Å². The second-order valence-corrected chi connectivity index (χ2v) is 7.34. The van der Waals surface area contributed by atoms with Gasteiger partial charge in [0.2, 0.25) is 5.91 Å². The molecule has 2 fully saturated rings. The van der Waals surface area contributed by atoms with Crippen LogP contribution in [0, 0.1) is 5.92 Å². The summed E-state index contributed by atoms with van der Waals surface area (Å²) in [5.41, 5.74) is 0.506. The summed E-state index contributed by atoms with van der Waals surface area (Å²) < 4.78 is 0. The number of carbonyl (C=O) groups is 2. The summed E-state index contributed by atoms with van der Waals surface area (Å²) in [5.74, 6) is -0.0165. The fraction of sp³-hybridized carbons (Fsp3) is 0.476. The molecule has 26 heavy (non-hydrogen) atoms. The predicted octanol–water partition coefficient (Wildman–Crippen LogP) is 3.15. The Hall–Kier alpha value is -2.43. The maximum atomic E-state index is 13.5. The van der Waals surface area contributed by atoms with Gasteiger partial charge in [0.1, 0.15) is 5.69 Å². The first-order chi connectivity index (χ1) is 12.8. The zero-order chi connectivity index (χ0) is 17.9. The van der Waals surface area contributed by atoms with Crippen LogP contribution < -0.4 is 5.32 Å². The van der Waals surface area contributed by atoms with Crippen molar-refractivity contribution in [3.05, 3.63) is 42.2 Å². The number of nitrogens with zero attached hydrogens (tertiary/aromatic N) is 2. The molecule has 1 aliphatic heterocycles. The molecule has 5 heteroatoms. The van der Waals surface area contributed by atoms with Crippen LogP contribution in [-0.2, 0) is 4.79 Å². The van der Waals surface area contributed by atoms with Crippen LogP contribution in [0.1, 0.15) is 49.0 Å². The first-order valence-electron chi connectivity index (χ1n) is 9.68. The zero-order valence-corrected chi connectivity index (χ0v) is 15.0. The Morgan fingerprint density at radius 2 is 1.96 bits per heavy atom. The van der Waals surface area contributed by atoms with E-state index in [9.17, 15) is 9.59 Å². The van der Waals surface area contributed by atoms with Gasteiger partial charge in [-0.25, -0.2) is 0 Å². The van der Waals surface area contributed by atoms with E-state index < -0.39 is 0 Å². The van der Waals surface area contributed by atoms with Crippen molar-refractivity contribution in [2.45, 2.75) is 44.6 Å². The van der Waals surface area contributed by atoms with Crippen molar-refractivity contribution in [2.75, 3.05) is 13.1 Å². The van der Waals surface area contributed by atoms with E-state index in [0.29, 0.717) is 12.2 Å². The SMILES string of the molecule is O=C1NCCCCCN(C(=O)c2nccc3ccccc23)C2CCCC12. The van der Waals surface area contributed by atoms with Gasteiger partial charge < -0.3 is 10.2 Å². The summed E-state index contributed by atoms with van der Waals surface area (Å²) in [6.45, 7) is 1.46. The average Bonchev–Trinajstić information content (AvgIpc) is 3.16. The van der Waals surface area contributed by atoms with Gasteiger partial charge in [-0.1, -0.05) is 30.7 Å². The quantitative estimate of drug-likeness (QED) is 0.858. The molecule has 5 nitrogen and oxygen atoms in total. The van der Waals surface area contributed by atoms with Crippen molar-refractivity contribution in [3.63, 3.8) is 0 Å². The molecule has 2 aromatic rings. The highest BCUT2D eigenvalue weighted by atomic mass is 16.2. The summed E-state index contributed by atoms with van der Waals surface area (Å²) in [4.78, 5) is 32.4. The van der Waals surface area contributed by atoms with Crippen molar-refractivity contribution in [3.8, 4) is 0 Å².